The topological polar surface area (TPSA) is 0 Å². The molecular weight excluding hydrogens is 268 g/mol. The van der Waals surface area contributed by atoms with E-state index in [1.807, 2.05) is 0 Å². The second kappa shape index (κ2) is 3.62. The van der Waals surface area contributed by atoms with Crippen molar-refractivity contribution in [1.82, 2.24) is 0 Å². The van der Waals surface area contributed by atoms with Crippen molar-refractivity contribution >= 4 is 33.3 Å². The number of rotatable bonds is 1. The van der Waals surface area contributed by atoms with Crippen LogP contribution in [0.1, 0.15) is 11.1 Å². The Balaban J connectivity index is 2.19. The molecule has 2 aromatic rings. The van der Waals surface area contributed by atoms with Crippen LogP contribution in [-0.2, 0) is 6.42 Å². The van der Waals surface area contributed by atoms with Gasteiger partial charge < -0.3 is 0 Å². The Morgan fingerprint density at radius 2 is 2.20 bits per heavy atom. The van der Waals surface area contributed by atoms with Gasteiger partial charge in [0.1, 0.15) is 0 Å². The highest BCUT2D eigenvalue weighted by Gasteiger charge is 2.11. The Kier molecular flexibility index (Phi) is 2.26. The fourth-order valence-corrected chi connectivity index (χ4v) is 3.36. The van der Waals surface area contributed by atoms with Crippen molar-refractivity contribution in [3.05, 3.63) is 51.3 Å². The molecule has 0 fully saturated rings. The normalized spacial score (nSPS) is 13.1. The molecule has 1 aliphatic rings. The third kappa shape index (κ3) is 1.58. The molecule has 15 heavy (non-hydrogen) atoms. The van der Waals surface area contributed by atoms with Gasteiger partial charge in [-0.1, -0.05) is 34.1 Å². The van der Waals surface area contributed by atoms with Crippen LogP contribution in [0.4, 0.5) is 0 Å². The first kappa shape index (κ1) is 9.37. The van der Waals surface area contributed by atoms with Gasteiger partial charge in [-0.2, -0.15) is 0 Å². The van der Waals surface area contributed by atoms with Crippen LogP contribution in [0.15, 0.2) is 40.2 Å². The van der Waals surface area contributed by atoms with Crippen LogP contribution in [0.25, 0.3) is 16.5 Å². The van der Waals surface area contributed by atoms with E-state index in [2.05, 4.69) is 57.7 Å². The lowest BCUT2D eigenvalue weighted by molar-refractivity contribution is 1.31. The highest BCUT2D eigenvalue weighted by atomic mass is 79.9. The van der Waals surface area contributed by atoms with Crippen molar-refractivity contribution in [2.24, 2.45) is 0 Å². The molecule has 0 nitrogen and oxygen atoms in total. The summed E-state index contributed by atoms with van der Waals surface area (Å²) in [5.41, 5.74) is 4.09. The number of allylic oxidation sites excluding steroid dienone is 1. The van der Waals surface area contributed by atoms with E-state index in [1.54, 1.807) is 11.3 Å². The van der Waals surface area contributed by atoms with Crippen molar-refractivity contribution in [1.29, 1.82) is 0 Å². The van der Waals surface area contributed by atoms with Crippen LogP contribution in [0.2, 0.25) is 0 Å². The van der Waals surface area contributed by atoms with Crippen molar-refractivity contribution < 1.29 is 0 Å². The lowest BCUT2D eigenvalue weighted by atomic mass is 10.1. The second-order valence-electron chi connectivity index (χ2n) is 3.61. The molecule has 0 radical (unpaired) electrons. The minimum Gasteiger partial charge on any atom is -0.144 e. The fourth-order valence-electron chi connectivity index (χ4n) is 1.90. The van der Waals surface area contributed by atoms with Crippen LogP contribution in [-0.4, -0.2) is 0 Å². The van der Waals surface area contributed by atoms with Crippen LogP contribution in [0.3, 0.4) is 0 Å². The fraction of sp³-hybridized carbons (Fsp3) is 0.0769. The Labute approximate surface area is 101 Å². The molecule has 2 heteroatoms. The predicted octanol–water partition coefficient (Wildman–Crippen LogP) is 4.75. The van der Waals surface area contributed by atoms with Gasteiger partial charge in [-0.3, -0.25) is 0 Å². The van der Waals surface area contributed by atoms with E-state index in [1.165, 1.54) is 26.0 Å². The second-order valence-corrected chi connectivity index (χ2v) is 5.42. The minimum absolute atomic E-state index is 1.07. The third-order valence-corrected chi connectivity index (χ3v) is 4.21. The van der Waals surface area contributed by atoms with Gasteiger partial charge in [0.25, 0.3) is 0 Å². The summed E-state index contributed by atoms with van der Waals surface area (Å²) in [7, 11) is 0. The largest absolute Gasteiger partial charge is 0.144 e. The van der Waals surface area contributed by atoms with E-state index in [0.717, 1.165) is 6.42 Å². The van der Waals surface area contributed by atoms with Crippen LogP contribution < -0.4 is 0 Å². The number of hydrogen-bond acceptors (Lipinski definition) is 1. The molecular formula is C13H9BrS. The maximum Gasteiger partial charge on any atom is 0.0354 e. The SMILES string of the molecule is Brc1cc2c(cc1-c1cccs1)CC=C2. The molecule has 0 unspecified atom stereocenters. The standard InChI is InChI=1S/C13H9BrS/c14-12-8-10-4-1-3-9(10)7-11(12)13-5-2-6-15-13/h1-2,4-8H,3H2. The summed E-state index contributed by atoms with van der Waals surface area (Å²) in [5, 5.41) is 2.12. The number of fused-ring (bicyclic) bond motifs is 1. The van der Waals surface area contributed by atoms with Gasteiger partial charge in [-0.05, 0) is 41.1 Å². The summed E-state index contributed by atoms with van der Waals surface area (Å²) < 4.78 is 1.19. The number of benzene rings is 1. The van der Waals surface area contributed by atoms with Crippen molar-refractivity contribution in [2.75, 3.05) is 0 Å². The molecule has 0 saturated heterocycles. The summed E-state index contributed by atoms with van der Waals surface area (Å²) >= 11 is 5.43. The van der Waals surface area contributed by atoms with E-state index in [0.29, 0.717) is 0 Å². The summed E-state index contributed by atoms with van der Waals surface area (Å²) in [4.78, 5) is 1.33. The molecule has 0 amide bonds. The minimum atomic E-state index is 1.07. The molecule has 1 aliphatic carbocycles. The molecule has 1 aromatic carbocycles. The predicted molar refractivity (Wildman–Crippen MR) is 70.2 cm³/mol. The van der Waals surface area contributed by atoms with Gasteiger partial charge in [0.2, 0.25) is 0 Å². The zero-order chi connectivity index (χ0) is 10.3. The molecule has 0 bridgehead atoms. The van der Waals surface area contributed by atoms with Gasteiger partial charge in [0, 0.05) is 14.9 Å². The van der Waals surface area contributed by atoms with Gasteiger partial charge in [-0.15, -0.1) is 11.3 Å². The first-order valence-electron chi connectivity index (χ1n) is 4.87. The van der Waals surface area contributed by atoms with Gasteiger partial charge in [-0.25, -0.2) is 0 Å². The van der Waals surface area contributed by atoms with Gasteiger partial charge >= 0.3 is 0 Å². The quantitative estimate of drug-likeness (QED) is 0.705. The molecule has 0 aliphatic heterocycles. The van der Waals surface area contributed by atoms with E-state index in [9.17, 15) is 0 Å². The molecule has 74 valence electrons. The zero-order valence-electron chi connectivity index (χ0n) is 8.03. The van der Waals surface area contributed by atoms with Gasteiger partial charge in [0.05, 0.1) is 0 Å². The summed E-state index contributed by atoms with van der Waals surface area (Å²) in [6.45, 7) is 0. The first-order valence-corrected chi connectivity index (χ1v) is 6.55. The van der Waals surface area contributed by atoms with Crippen LogP contribution in [0, 0.1) is 0 Å². The lowest BCUT2D eigenvalue weighted by Crippen LogP contribution is -1.84. The maximum absolute atomic E-state index is 3.64. The maximum atomic E-state index is 3.64. The van der Waals surface area contributed by atoms with Crippen molar-refractivity contribution in [3.63, 3.8) is 0 Å². The average molecular weight is 277 g/mol. The average Bonchev–Trinajstić information content (AvgIpc) is 2.85. The molecule has 0 N–H and O–H groups in total. The zero-order valence-corrected chi connectivity index (χ0v) is 10.4. The molecule has 0 saturated carbocycles. The highest BCUT2D eigenvalue weighted by Crippen LogP contribution is 2.35. The van der Waals surface area contributed by atoms with Crippen molar-refractivity contribution in [2.45, 2.75) is 6.42 Å². The number of hydrogen-bond donors (Lipinski definition) is 0. The van der Waals surface area contributed by atoms with Crippen LogP contribution in [0.5, 0.6) is 0 Å². The van der Waals surface area contributed by atoms with E-state index < -0.39 is 0 Å². The summed E-state index contributed by atoms with van der Waals surface area (Å²) in [5.74, 6) is 0. The highest BCUT2D eigenvalue weighted by molar-refractivity contribution is 9.10. The van der Waals surface area contributed by atoms with Crippen LogP contribution >= 0.6 is 27.3 Å². The molecule has 3 rings (SSSR count). The van der Waals surface area contributed by atoms with Gasteiger partial charge in [0.15, 0.2) is 0 Å². The first-order chi connectivity index (χ1) is 7.34. The number of halogens is 1. The van der Waals surface area contributed by atoms with Crippen molar-refractivity contribution in [3.8, 4) is 10.4 Å². The molecule has 0 atom stereocenters. The van der Waals surface area contributed by atoms with E-state index in [4.69, 9.17) is 0 Å². The van der Waals surface area contributed by atoms with E-state index >= 15 is 0 Å². The Hall–Kier alpha value is -0.860. The molecule has 1 aromatic heterocycles. The Morgan fingerprint density at radius 1 is 1.27 bits per heavy atom. The number of thiophene rings is 1. The third-order valence-electron chi connectivity index (χ3n) is 2.65. The van der Waals surface area contributed by atoms with E-state index in [-0.39, 0.29) is 0 Å². The lowest BCUT2D eigenvalue weighted by Gasteiger charge is -2.06. The summed E-state index contributed by atoms with van der Waals surface area (Å²) in [6.07, 6.45) is 5.48. The smallest absolute Gasteiger partial charge is 0.0354 e. The molecule has 0 spiro atoms. The Morgan fingerprint density at radius 3 is 3.00 bits per heavy atom. The monoisotopic (exact) mass is 276 g/mol. The Bertz CT molecular complexity index is 524. The summed E-state index contributed by atoms with van der Waals surface area (Å²) in [6, 6.07) is 8.77. The molecule has 1 heterocycles.